The summed E-state index contributed by atoms with van der Waals surface area (Å²) in [6, 6.07) is 5.72. The first-order chi connectivity index (χ1) is 9.16. The van der Waals surface area contributed by atoms with Crippen molar-refractivity contribution in [1.82, 2.24) is 5.32 Å². The maximum absolute atomic E-state index is 14.3. The van der Waals surface area contributed by atoms with Gasteiger partial charge in [-0.2, -0.15) is 8.78 Å². The highest BCUT2D eigenvalue weighted by Crippen LogP contribution is 2.32. The van der Waals surface area contributed by atoms with Crippen LogP contribution in [-0.4, -0.2) is 17.7 Å². The van der Waals surface area contributed by atoms with E-state index in [0.717, 1.165) is 6.08 Å². The monoisotopic (exact) mass is 283 g/mol. The average Bonchev–Trinajstić information content (AvgIpc) is 2.34. The van der Waals surface area contributed by atoms with Crippen molar-refractivity contribution in [1.29, 1.82) is 0 Å². The summed E-state index contributed by atoms with van der Waals surface area (Å²) in [5.74, 6) is -3.26. The van der Waals surface area contributed by atoms with Gasteiger partial charge in [-0.15, -0.1) is 6.58 Å². The Hall–Kier alpha value is -1.91. The smallest absolute Gasteiger partial charge is 0.408 e. The number of benzene rings is 1. The second-order valence-corrected chi connectivity index (χ2v) is 5.35. The lowest BCUT2D eigenvalue weighted by atomic mass is 10.0. The summed E-state index contributed by atoms with van der Waals surface area (Å²) in [5.41, 5.74) is -0.946. The maximum atomic E-state index is 14.3. The first kappa shape index (κ1) is 16.1. The van der Waals surface area contributed by atoms with Crippen molar-refractivity contribution in [2.75, 3.05) is 0 Å². The van der Waals surface area contributed by atoms with Gasteiger partial charge in [-0.1, -0.05) is 36.4 Å². The fourth-order valence-corrected chi connectivity index (χ4v) is 1.57. The average molecular weight is 283 g/mol. The second kappa shape index (κ2) is 6.03. The molecule has 0 aliphatic carbocycles. The van der Waals surface area contributed by atoms with Crippen molar-refractivity contribution in [2.45, 2.75) is 38.3 Å². The van der Waals surface area contributed by atoms with E-state index in [4.69, 9.17) is 4.74 Å². The van der Waals surface area contributed by atoms with E-state index in [2.05, 4.69) is 11.9 Å². The highest BCUT2D eigenvalue weighted by molar-refractivity contribution is 5.68. The predicted octanol–water partition coefficient (Wildman–Crippen LogP) is 3.86. The van der Waals surface area contributed by atoms with Gasteiger partial charge in [0.05, 0.1) is 0 Å². The van der Waals surface area contributed by atoms with E-state index >= 15 is 0 Å². The van der Waals surface area contributed by atoms with Crippen LogP contribution in [0.5, 0.6) is 0 Å². The fourth-order valence-electron chi connectivity index (χ4n) is 1.57. The van der Waals surface area contributed by atoms with Gasteiger partial charge >= 0.3 is 6.09 Å². The van der Waals surface area contributed by atoms with E-state index in [9.17, 15) is 13.6 Å². The molecule has 0 heterocycles. The van der Waals surface area contributed by atoms with E-state index in [1.165, 1.54) is 24.3 Å². The summed E-state index contributed by atoms with van der Waals surface area (Å²) in [4.78, 5) is 11.6. The lowest BCUT2D eigenvalue weighted by Crippen LogP contribution is -2.46. The van der Waals surface area contributed by atoms with E-state index in [-0.39, 0.29) is 5.56 Å². The molecular weight excluding hydrogens is 264 g/mol. The number of nitrogens with one attached hydrogen (secondary N) is 1. The van der Waals surface area contributed by atoms with Crippen LogP contribution in [0.15, 0.2) is 43.0 Å². The number of hydrogen-bond acceptors (Lipinski definition) is 2. The third kappa shape index (κ3) is 4.33. The molecule has 5 heteroatoms. The van der Waals surface area contributed by atoms with Crippen LogP contribution < -0.4 is 5.32 Å². The summed E-state index contributed by atoms with van der Waals surface area (Å²) in [6.45, 7) is 8.32. The first-order valence-corrected chi connectivity index (χ1v) is 6.22. The SMILES string of the molecule is C=CC(NC(=O)OC(C)(C)C)C(F)(F)c1ccccc1. The second-order valence-electron chi connectivity index (χ2n) is 5.35. The zero-order valence-electron chi connectivity index (χ0n) is 11.8. The van der Waals surface area contributed by atoms with Crippen LogP contribution in [0.25, 0.3) is 0 Å². The van der Waals surface area contributed by atoms with Crippen LogP contribution in [0.1, 0.15) is 26.3 Å². The number of alkyl carbamates (subject to hydrolysis) is 1. The lowest BCUT2D eigenvalue weighted by molar-refractivity contribution is -0.0323. The molecule has 0 aromatic heterocycles. The van der Waals surface area contributed by atoms with Gasteiger partial charge in [0.1, 0.15) is 11.6 Å². The molecule has 1 amide bonds. The highest BCUT2D eigenvalue weighted by Gasteiger charge is 2.41. The van der Waals surface area contributed by atoms with Crippen molar-refractivity contribution in [3.63, 3.8) is 0 Å². The van der Waals surface area contributed by atoms with Crippen molar-refractivity contribution in [3.8, 4) is 0 Å². The molecule has 0 bridgehead atoms. The van der Waals surface area contributed by atoms with Gasteiger partial charge in [0.15, 0.2) is 0 Å². The van der Waals surface area contributed by atoms with Gasteiger partial charge in [-0.25, -0.2) is 4.79 Å². The maximum Gasteiger partial charge on any atom is 0.408 e. The van der Waals surface area contributed by atoms with E-state index in [1.807, 2.05) is 0 Å². The number of carbonyl (C=O) groups excluding carboxylic acids is 1. The summed E-state index contributed by atoms with van der Waals surface area (Å²) in [5, 5.41) is 2.13. The Morgan fingerprint density at radius 3 is 2.30 bits per heavy atom. The Labute approximate surface area is 117 Å². The number of halogens is 2. The molecule has 110 valence electrons. The molecule has 0 spiro atoms. The van der Waals surface area contributed by atoms with Crippen LogP contribution in [0.3, 0.4) is 0 Å². The van der Waals surface area contributed by atoms with E-state index in [1.54, 1.807) is 26.8 Å². The van der Waals surface area contributed by atoms with Gasteiger partial charge in [-0.3, -0.25) is 0 Å². The molecule has 1 atom stereocenters. The van der Waals surface area contributed by atoms with Gasteiger partial charge in [0.2, 0.25) is 0 Å². The normalized spacial score (nSPS) is 13.4. The number of rotatable bonds is 4. The summed E-state index contributed by atoms with van der Waals surface area (Å²) in [6.07, 6.45) is 0.0923. The van der Waals surface area contributed by atoms with Gasteiger partial charge in [0.25, 0.3) is 5.92 Å². The summed E-state index contributed by atoms with van der Waals surface area (Å²) >= 11 is 0. The minimum Gasteiger partial charge on any atom is -0.444 e. The molecular formula is C15H19F2NO2. The molecule has 3 nitrogen and oxygen atoms in total. The van der Waals surface area contributed by atoms with Gasteiger partial charge in [-0.05, 0) is 20.8 Å². The molecule has 0 saturated heterocycles. The minimum atomic E-state index is -3.26. The fraction of sp³-hybridized carbons (Fsp3) is 0.400. The van der Waals surface area contributed by atoms with Crippen molar-refractivity contribution in [3.05, 3.63) is 48.6 Å². The molecule has 0 saturated carbocycles. The Morgan fingerprint density at radius 2 is 1.85 bits per heavy atom. The zero-order chi connectivity index (χ0) is 15.4. The Kier molecular flexibility index (Phi) is 4.87. The Bertz CT molecular complexity index is 467. The molecule has 0 fully saturated rings. The zero-order valence-corrected chi connectivity index (χ0v) is 11.8. The largest absolute Gasteiger partial charge is 0.444 e. The van der Waals surface area contributed by atoms with Crippen LogP contribution in [0.2, 0.25) is 0 Å². The topological polar surface area (TPSA) is 38.3 Å². The number of carbonyl (C=O) groups is 1. The molecule has 20 heavy (non-hydrogen) atoms. The highest BCUT2D eigenvalue weighted by atomic mass is 19.3. The van der Waals surface area contributed by atoms with Gasteiger partial charge < -0.3 is 10.1 Å². The Balaban J connectivity index is 2.85. The Morgan fingerprint density at radius 1 is 1.30 bits per heavy atom. The third-order valence-corrected chi connectivity index (χ3v) is 2.46. The van der Waals surface area contributed by atoms with Crippen LogP contribution in [0.4, 0.5) is 13.6 Å². The number of hydrogen-bond donors (Lipinski definition) is 1. The minimum absolute atomic E-state index is 0.194. The molecule has 1 N–H and O–H groups in total. The number of amides is 1. The molecule has 0 radical (unpaired) electrons. The van der Waals surface area contributed by atoms with E-state index in [0.29, 0.717) is 0 Å². The van der Waals surface area contributed by atoms with Crippen LogP contribution in [-0.2, 0) is 10.7 Å². The standard InChI is InChI=1S/C15H19F2NO2/c1-5-12(18-13(19)20-14(2,3)4)15(16,17)11-9-7-6-8-10-11/h5-10,12H,1H2,2-4H3,(H,18,19). The summed E-state index contributed by atoms with van der Waals surface area (Å²) < 4.78 is 33.5. The predicted molar refractivity (Wildman–Crippen MR) is 73.7 cm³/mol. The molecule has 1 aromatic rings. The number of alkyl halides is 2. The molecule has 1 aromatic carbocycles. The van der Waals surface area contributed by atoms with Crippen molar-refractivity contribution < 1.29 is 18.3 Å². The number of ether oxygens (including phenoxy) is 1. The third-order valence-electron chi connectivity index (χ3n) is 2.46. The van der Waals surface area contributed by atoms with Gasteiger partial charge in [0, 0.05) is 5.56 Å². The van der Waals surface area contributed by atoms with E-state index < -0.39 is 23.7 Å². The lowest BCUT2D eigenvalue weighted by Gasteiger charge is -2.27. The van der Waals surface area contributed by atoms with Crippen molar-refractivity contribution >= 4 is 6.09 Å². The van der Waals surface area contributed by atoms with Crippen LogP contribution >= 0.6 is 0 Å². The molecule has 0 aliphatic rings. The molecule has 1 unspecified atom stereocenters. The summed E-state index contributed by atoms with van der Waals surface area (Å²) in [7, 11) is 0. The molecule has 1 rings (SSSR count). The van der Waals surface area contributed by atoms with Crippen LogP contribution in [0, 0.1) is 0 Å². The quantitative estimate of drug-likeness (QED) is 0.852. The van der Waals surface area contributed by atoms with Crippen molar-refractivity contribution in [2.24, 2.45) is 0 Å². The first-order valence-electron chi connectivity index (χ1n) is 6.22. The molecule has 0 aliphatic heterocycles.